The number of benzene rings is 1. The number of aromatic nitrogens is 1. The molecule has 0 saturated heterocycles. The van der Waals surface area contributed by atoms with E-state index in [9.17, 15) is 8.78 Å². The maximum Gasteiger partial charge on any atom is 0.194 e. The van der Waals surface area contributed by atoms with E-state index in [-0.39, 0.29) is 12.4 Å². The van der Waals surface area contributed by atoms with Crippen molar-refractivity contribution in [1.29, 1.82) is 0 Å². The summed E-state index contributed by atoms with van der Waals surface area (Å²) in [6, 6.07) is 9.15. The Morgan fingerprint density at radius 3 is 2.25 bits per heavy atom. The van der Waals surface area contributed by atoms with E-state index in [1.807, 2.05) is 30.3 Å². The normalized spacial score (nSPS) is 10.1. The molecule has 1 heterocycles. The minimum absolute atomic E-state index is 0.124. The molecule has 16 heavy (non-hydrogen) atoms. The molecular weight excluding hydrogens is 212 g/mol. The highest BCUT2D eigenvalue weighted by atomic mass is 19.1. The van der Waals surface area contributed by atoms with Gasteiger partial charge in [-0.2, -0.15) is 0 Å². The lowest BCUT2D eigenvalue weighted by Crippen LogP contribution is -2.00. The van der Waals surface area contributed by atoms with Gasteiger partial charge in [0.05, 0.1) is 12.4 Å². The van der Waals surface area contributed by atoms with Gasteiger partial charge in [0, 0.05) is 0 Å². The van der Waals surface area contributed by atoms with Crippen LogP contribution in [0.5, 0.6) is 5.75 Å². The Kier molecular flexibility index (Phi) is 3.10. The van der Waals surface area contributed by atoms with Gasteiger partial charge in [0.2, 0.25) is 0 Å². The number of rotatable bonds is 3. The number of halogens is 2. The number of hydrogen-bond acceptors (Lipinski definition) is 2. The van der Waals surface area contributed by atoms with Crippen LogP contribution in [0.25, 0.3) is 0 Å². The standard InChI is InChI=1S/C12H9F2NO/c13-10-6-15-7-11(14)12(10)16-8-9-4-2-1-3-5-9/h1-7H,8H2. The Labute approximate surface area is 91.5 Å². The van der Waals surface area contributed by atoms with Crippen molar-refractivity contribution in [3.8, 4) is 5.75 Å². The third-order valence-electron chi connectivity index (χ3n) is 2.04. The van der Waals surface area contributed by atoms with Crippen LogP contribution in [-0.2, 0) is 6.61 Å². The first-order valence-corrected chi connectivity index (χ1v) is 4.73. The minimum Gasteiger partial charge on any atom is -0.483 e. The summed E-state index contributed by atoms with van der Waals surface area (Å²) in [5, 5.41) is 0. The highest BCUT2D eigenvalue weighted by Gasteiger charge is 2.10. The van der Waals surface area contributed by atoms with E-state index >= 15 is 0 Å². The molecule has 0 spiro atoms. The van der Waals surface area contributed by atoms with Crippen LogP contribution in [0.15, 0.2) is 42.7 Å². The molecule has 1 aromatic carbocycles. The van der Waals surface area contributed by atoms with Gasteiger partial charge in [-0.05, 0) is 5.56 Å². The SMILES string of the molecule is Fc1cncc(F)c1OCc1ccccc1. The molecule has 2 rings (SSSR count). The summed E-state index contributed by atoms with van der Waals surface area (Å²) in [4.78, 5) is 3.37. The van der Waals surface area contributed by atoms with Crippen LogP contribution in [0.2, 0.25) is 0 Å². The summed E-state index contributed by atoms with van der Waals surface area (Å²) >= 11 is 0. The molecule has 0 aliphatic heterocycles. The van der Waals surface area contributed by atoms with Gasteiger partial charge in [0.15, 0.2) is 17.4 Å². The van der Waals surface area contributed by atoms with Crippen molar-refractivity contribution in [2.45, 2.75) is 6.61 Å². The van der Waals surface area contributed by atoms with Gasteiger partial charge >= 0.3 is 0 Å². The highest BCUT2D eigenvalue weighted by Crippen LogP contribution is 2.20. The predicted molar refractivity (Wildman–Crippen MR) is 54.9 cm³/mol. The topological polar surface area (TPSA) is 22.1 Å². The average Bonchev–Trinajstić information content (AvgIpc) is 2.30. The number of nitrogens with zero attached hydrogens (tertiary/aromatic N) is 1. The van der Waals surface area contributed by atoms with Crippen LogP contribution in [0.4, 0.5) is 8.78 Å². The molecule has 2 aromatic rings. The number of pyridine rings is 1. The average molecular weight is 221 g/mol. The first-order valence-electron chi connectivity index (χ1n) is 4.73. The summed E-state index contributed by atoms with van der Waals surface area (Å²) in [6.07, 6.45) is 1.84. The summed E-state index contributed by atoms with van der Waals surface area (Å²) < 4.78 is 31.3. The monoisotopic (exact) mass is 221 g/mol. The Bertz CT molecular complexity index is 453. The van der Waals surface area contributed by atoms with Crippen molar-refractivity contribution in [1.82, 2.24) is 4.98 Å². The summed E-state index contributed by atoms with van der Waals surface area (Å²) in [5.74, 6) is -1.98. The summed E-state index contributed by atoms with van der Waals surface area (Å²) in [5.41, 5.74) is 0.845. The van der Waals surface area contributed by atoms with Crippen LogP contribution in [0.1, 0.15) is 5.56 Å². The van der Waals surface area contributed by atoms with E-state index < -0.39 is 11.6 Å². The summed E-state index contributed by atoms with van der Waals surface area (Å²) in [7, 11) is 0. The Morgan fingerprint density at radius 1 is 1.00 bits per heavy atom. The molecule has 0 fully saturated rings. The van der Waals surface area contributed by atoms with Crippen LogP contribution < -0.4 is 4.74 Å². The third-order valence-corrected chi connectivity index (χ3v) is 2.04. The molecule has 0 N–H and O–H groups in total. The number of hydrogen-bond donors (Lipinski definition) is 0. The Hall–Kier alpha value is -1.97. The molecule has 0 radical (unpaired) electrons. The molecule has 0 atom stereocenters. The second-order valence-corrected chi connectivity index (χ2v) is 3.21. The minimum atomic E-state index is -0.795. The largest absolute Gasteiger partial charge is 0.483 e. The van der Waals surface area contributed by atoms with Gasteiger partial charge in [0.1, 0.15) is 6.61 Å². The van der Waals surface area contributed by atoms with E-state index in [1.54, 1.807) is 0 Å². The van der Waals surface area contributed by atoms with Crippen molar-refractivity contribution < 1.29 is 13.5 Å². The lowest BCUT2D eigenvalue weighted by Gasteiger charge is -2.07. The highest BCUT2D eigenvalue weighted by molar-refractivity contribution is 5.23. The van der Waals surface area contributed by atoms with Crippen LogP contribution >= 0.6 is 0 Å². The molecule has 0 aliphatic carbocycles. The molecule has 1 aromatic heterocycles. The third kappa shape index (κ3) is 2.34. The van der Waals surface area contributed by atoms with Gasteiger partial charge in [-0.15, -0.1) is 0 Å². The van der Waals surface area contributed by atoms with Crippen LogP contribution in [-0.4, -0.2) is 4.98 Å². The van der Waals surface area contributed by atoms with E-state index in [0.29, 0.717) is 0 Å². The van der Waals surface area contributed by atoms with E-state index in [2.05, 4.69) is 4.98 Å². The van der Waals surface area contributed by atoms with Gasteiger partial charge in [-0.25, -0.2) is 8.78 Å². The zero-order chi connectivity index (χ0) is 11.4. The Morgan fingerprint density at radius 2 is 1.62 bits per heavy atom. The molecule has 82 valence electrons. The molecule has 2 nitrogen and oxygen atoms in total. The van der Waals surface area contributed by atoms with Crippen molar-refractivity contribution in [3.05, 3.63) is 59.9 Å². The van der Waals surface area contributed by atoms with Crippen molar-refractivity contribution in [2.75, 3.05) is 0 Å². The van der Waals surface area contributed by atoms with Gasteiger partial charge < -0.3 is 4.74 Å². The second-order valence-electron chi connectivity index (χ2n) is 3.21. The molecule has 0 unspecified atom stereocenters. The first kappa shape index (κ1) is 10.5. The predicted octanol–water partition coefficient (Wildman–Crippen LogP) is 2.94. The molecule has 0 saturated carbocycles. The van der Waals surface area contributed by atoms with Crippen molar-refractivity contribution >= 4 is 0 Å². The molecule has 0 aliphatic rings. The first-order chi connectivity index (χ1) is 7.77. The van der Waals surface area contributed by atoms with Crippen molar-refractivity contribution in [3.63, 3.8) is 0 Å². The second kappa shape index (κ2) is 4.70. The van der Waals surface area contributed by atoms with Gasteiger partial charge in [-0.1, -0.05) is 30.3 Å². The smallest absolute Gasteiger partial charge is 0.194 e. The molecular formula is C12H9F2NO. The zero-order valence-electron chi connectivity index (χ0n) is 8.36. The Balaban J connectivity index is 2.11. The van der Waals surface area contributed by atoms with E-state index in [0.717, 1.165) is 18.0 Å². The zero-order valence-corrected chi connectivity index (χ0v) is 8.36. The lowest BCUT2D eigenvalue weighted by atomic mass is 10.2. The van der Waals surface area contributed by atoms with Crippen LogP contribution in [0, 0.1) is 11.6 Å². The van der Waals surface area contributed by atoms with Crippen LogP contribution in [0.3, 0.4) is 0 Å². The fourth-order valence-electron chi connectivity index (χ4n) is 1.27. The maximum absolute atomic E-state index is 13.1. The fourth-order valence-corrected chi connectivity index (χ4v) is 1.27. The summed E-state index contributed by atoms with van der Waals surface area (Å²) in [6.45, 7) is 0.124. The van der Waals surface area contributed by atoms with Gasteiger partial charge in [0.25, 0.3) is 0 Å². The van der Waals surface area contributed by atoms with Crippen molar-refractivity contribution in [2.24, 2.45) is 0 Å². The fraction of sp³-hybridized carbons (Fsp3) is 0.0833. The van der Waals surface area contributed by atoms with E-state index in [4.69, 9.17) is 4.74 Å². The lowest BCUT2D eigenvalue weighted by molar-refractivity contribution is 0.273. The van der Waals surface area contributed by atoms with E-state index in [1.165, 1.54) is 0 Å². The maximum atomic E-state index is 13.1. The van der Waals surface area contributed by atoms with Gasteiger partial charge in [-0.3, -0.25) is 4.98 Å². The quantitative estimate of drug-likeness (QED) is 0.795. The number of ether oxygens (including phenoxy) is 1. The molecule has 4 heteroatoms. The molecule has 0 bridgehead atoms. The molecule has 0 amide bonds.